The van der Waals surface area contributed by atoms with Gasteiger partial charge in [0.25, 0.3) is 0 Å². The van der Waals surface area contributed by atoms with Gasteiger partial charge in [0.2, 0.25) is 5.91 Å². The highest BCUT2D eigenvalue weighted by atomic mass is 16.7. The third-order valence-corrected chi connectivity index (χ3v) is 14.6. The summed E-state index contributed by atoms with van der Waals surface area (Å²) in [5.74, 6) is -0.737. The van der Waals surface area contributed by atoms with Crippen LogP contribution in [0.1, 0.15) is 245 Å². The van der Waals surface area contributed by atoms with Crippen LogP contribution in [0.3, 0.4) is 0 Å². The molecule has 0 spiro atoms. The van der Waals surface area contributed by atoms with Crippen molar-refractivity contribution in [3.8, 4) is 0 Å². The molecule has 2 rings (SSSR count). The Bertz CT molecular complexity index is 1210. The van der Waals surface area contributed by atoms with E-state index >= 15 is 0 Å². The maximum absolute atomic E-state index is 13.3. The van der Waals surface area contributed by atoms with Gasteiger partial charge in [-0.25, -0.2) is 0 Å². The molecule has 2 aliphatic heterocycles. The lowest BCUT2D eigenvalue weighted by Crippen LogP contribution is -2.61. The molecule has 15 nitrogen and oxygen atoms in total. The third-order valence-electron chi connectivity index (χ3n) is 14.6. The molecule has 0 saturated carbocycles. The fourth-order valence-corrected chi connectivity index (χ4v) is 9.72. The second-order valence-corrected chi connectivity index (χ2v) is 21.0. The van der Waals surface area contributed by atoms with Crippen LogP contribution in [0.2, 0.25) is 0 Å². The molecule has 0 aliphatic carbocycles. The molecule has 70 heavy (non-hydrogen) atoms. The van der Waals surface area contributed by atoms with Crippen LogP contribution in [0.4, 0.5) is 0 Å². The summed E-state index contributed by atoms with van der Waals surface area (Å²) in [7, 11) is 0. The van der Waals surface area contributed by atoms with Crippen LogP contribution in [0.5, 0.6) is 0 Å². The number of ether oxygens (including phenoxy) is 4. The summed E-state index contributed by atoms with van der Waals surface area (Å²) >= 11 is 0. The number of carbonyl (C=O) groups excluding carboxylic acids is 1. The van der Waals surface area contributed by atoms with Crippen molar-refractivity contribution in [2.24, 2.45) is 0 Å². The van der Waals surface area contributed by atoms with E-state index in [1.165, 1.54) is 167 Å². The van der Waals surface area contributed by atoms with Crippen molar-refractivity contribution in [3.63, 3.8) is 0 Å². The smallest absolute Gasteiger partial charge is 0.249 e. The summed E-state index contributed by atoms with van der Waals surface area (Å²) in [6, 6.07) is -1.24. The maximum atomic E-state index is 13.3. The molecule has 1 amide bonds. The SMILES string of the molecule is CCCCCCCCCCCCCCCCCCCCCCC(O)C(=O)NC(COC1OC(COC2OCC(O)C(O)C2O)C(O)C(O)C1O)C(O)C(O)CCCCCCCCCCCCCCCC. The van der Waals surface area contributed by atoms with Gasteiger partial charge in [0.15, 0.2) is 12.6 Å². The highest BCUT2D eigenvalue weighted by Gasteiger charge is 2.46. The summed E-state index contributed by atoms with van der Waals surface area (Å²) in [5.41, 5.74) is 0. The van der Waals surface area contributed by atoms with Crippen LogP contribution in [0, 0.1) is 0 Å². The number of rotatable bonds is 46. The van der Waals surface area contributed by atoms with Crippen molar-refractivity contribution in [2.45, 2.75) is 325 Å². The van der Waals surface area contributed by atoms with Crippen LogP contribution in [-0.2, 0) is 23.7 Å². The molecular weight excluding hydrogens is 899 g/mol. The molecule has 0 aromatic rings. The standard InChI is InChI=1S/C55H107NO14/c1-3-5-7-9-11-13-15-17-19-20-21-22-23-24-26-28-30-32-34-36-38-44(58)53(66)56-42(47(60)43(57)37-35-33-31-29-27-25-18-16-14-12-10-8-6-4-2)39-67-55-52(65)50(63)49(62)46(70-55)41-69-54-51(64)48(61)45(59)40-68-54/h42-52,54-55,57-65H,3-41H2,1-2H3,(H,56,66). The van der Waals surface area contributed by atoms with E-state index in [1.54, 1.807) is 0 Å². The summed E-state index contributed by atoms with van der Waals surface area (Å²) in [6.07, 6.45) is 24.0. The predicted molar refractivity (Wildman–Crippen MR) is 274 cm³/mol. The van der Waals surface area contributed by atoms with E-state index in [9.17, 15) is 50.8 Å². The Morgan fingerprint density at radius 3 is 1.30 bits per heavy atom. The largest absolute Gasteiger partial charge is 0.390 e. The van der Waals surface area contributed by atoms with Crippen molar-refractivity contribution >= 4 is 5.91 Å². The Morgan fingerprint density at radius 1 is 0.486 bits per heavy atom. The molecule has 10 N–H and O–H groups in total. The second-order valence-electron chi connectivity index (χ2n) is 21.0. The van der Waals surface area contributed by atoms with Gasteiger partial charge in [0.05, 0.1) is 32.0 Å². The lowest BCUT2D eigenvalue weighted by atomic mass is 9.98. The minimum atomic E-state index is -1.77. The van der Waals surface area contributed by atoms with Gasteiger partial charge in [-0.1, -0.05) is 232 Å². The molecule has 2 heterocycles. The number of nitrogens with one attached hydrogen (secondary N) is 1. The minimum absolute atomic E-state index is 0.224. The Hall–Kier alpha value is -1.05. The first-order valence-corrected chi connectivity index (χ1v) is 28.9. The van der Waals surface area contributed by atoms with Crippen LogP contribution in [0.25, 0.3) is 0 Å². The monoisotopic (exact) mass is 1010 g/mol. The van der Waals surface area contributed by atoms with Gasteiger partial charge < -0.3 is 70.2 Å². The summed E-state index contributed by atoms with van der Waals surface area (Å²) < 4.78 is 22.3. The Kier molecular flexibility index (Phi) is 39.2. The van der Waals surface area contributed by atoms with E-state index in [1.807, 2.05) is 0 Å². The summed E-state index contributed by atoms with van der Waals surface area (Å²) in [4.78, 5) is 13.3. The van der Waals surface area contributed by atoms with Crippen LogP contribution in [0.15, 0.2) is 0 Å². The van der Waals surface area contributed by atoms with Gasteiger partial charge in [-0.15, -0.1) is 0 Å². The molecule has 0 radical (unpaired) electrons. The number of aliphatic hydroxyl groups is 9. The molecule has 0 aromatic heterocycles. The molecule has 2 saturated heterocycles. The molecule has 15 heteroatoms. The van der Waals surface area contributed by atoms with Crippen molar-refractivity contribution in [1.82, 2.24) is 5.32 Å². The van der Waals surface area contributed by atoms with E-state index in [4.69, 9.17) is 18.9 Å². The predicted octanol–water partition coefficient (Wildman–Crippen LogP) is 7.92. The zero-order chi connectivity index (χ0) is 51.2. The van der Waals surface area contributed by atoms with E-state index < -0.39 is 98.8 Å². The van der Waals surface area contributed by atoms with E-state index in [0.29, 0.717) is 12.8 Å². The number of unbranched alkanes of at least 4 members (excludes halogenated alkanes) is 32. The van der Waals surface area contributed by atoms with Gasteiger partial charge in [0.1, 0.15) is 54.9 Å². The molecule has 2 aliphatic rings. The fraction of sp³-hybridized carbons (Fsp3) is 0.982. The highest BCUT2D eigenvalue weighted by Crippen LogP contribution is 2.26. The summed E-state index contributed by atoms with van der Waals surface area (Å²) in [5, 5.41) is 98.2. The number of aliphatic hydroxyl groups excluding tert-OH is 9. The molecule has 416 valence electrons. The van der Waals surface area contributed by atoms with Gasteiger partial charge >= 0.3 is 0 Å². The van der Waals surface area contributed by atoms with Gasteiger partial charge in [0, 0.05) is 0 Å². The lowest BCUT2D eigenvalue weighted by Gasteiger charge is -2.42. The number of hydrogen-bond donors (Lipinski definition) is 10. The first-order valence-electron chi connectivity index (χ1n) is 28.9. The van der Waals surface area contributed by atoms with Gasteiger partial charge in [-0.2, -0.15) is 0 Å². The molecule has 0 bridgehead atoms. The number of carbonyl (C=O) groups is 1. The van der Waals surface area contributed by atoms with Crippen LogP contribution < -0.4 is 5.32 Å². The lowest BCUT2D eigenvalue weighted by molar-refractivity contribution is -0.322. The van der Waals surface area contributed by atoms with Gasteiger partial charge in [-0.3, -0.25) is 4.79 Å². The minimum Gasteiger partial charge on any atom is -0.390 e. The number of amides is 1. The average Bonchev–Trinajstić information content (AvgIpc) is 3.35. The Balaban J connectivity index is 1.78. The first-order chi connectivity index (χ1) is 33.9. The normalized spacial score (nSPS) is 25.7. The molecule has 2 fully saturated rings. The van der Waals surface area contributed by atoms with Crippen molar-refractivity contribution in [3.05, 3.63) is 0 Å². The molecule has 0 aromatic carbocycles. The Labute approximate surface area is 424 Å². The molecular formula is C55H107NO14. The highest BCUT2D eigenvalue weighted by molar-refractivity contribution is 5.80. The second kappa shape index (κ2) is 42.2. The topological polar surface area (TPSA) is 248 Å². The number of hydrogen-bond acceptors (Lipinski definition) is 14. The van der Waals surface area contributed by atoms with Crippen molar-refractivity contribution in [1.29, 1.82) is 0 Å². The van der Waals surface area contributed by atoms with Crippen molar-refractivity contribution < 1.29 is 69.7 Å². The molecule has 13 atom stereocenters. The van der Waals surface area contributed by atoms with Gasteiger partial charge in [-0.05, 0) is 12.8 Å². The van der Waals surface area contributed by atoms with E-state index in [-0.39, 0.29) is 19.4 Å². The maximum Gasteiger partial charge on any atom is 0.249 e. The average molecular weight is 1010 g/mol. The quantitative estimate of drug-likeness (QED) is 0.0261. The third kappa shape index (κ3) is 29.1. The van der Waals surface area contributed by atoms with Crippen molar-refractivity contribution in [2.75, 3.05) is 19.8 Å². The molecule has 13 unspecified atom stereocenters. The Morgan fingerprint density at radius 2 is 0.871 bits per heavy atom. The van der Waals surface area contributed by atoms with Crippen LogP contribution >= 0.6 is 0 Å². The van der Waals surface area contributed by atoms with Crippen LogP contribution in [-0.4, -0.2) is 151 Å². The zero-order valence-electron chi connectivity index (χ0n) is 44.1. The summed E-state index contributed by atoms with van der Waals surface area (Å²) in [6.45, 7) is 3.20. The van der Waals surface area contributed by atoms with E-state index in [0.717, 1.165) is 38.5 Å². The fourth-order valence-electron chi connectivity index (χ4n) is 9.72. The van der Waals surface area contributed by atoms with E-state index in [2.05, 4.69) is 19.2 Å². The zero-order valence-corrected chi connectivity index (χ0v) is 44.1. The first kappa shape index (κ1) is 65.1.